The second-order valence-electron chi connectivity index (χ2n) is 11.1. The van der Waals surface area contributed by atoms with Gasteiger partial charge in [-0.15, -0.1) is 0 Å². The molecule has 1 spiro atoms. The first-order chi connectivity index (χ1) is 12.8. The molecule has 0 aromatic carbocycles. The van der Waals surface area contributed by atoms with Crippen LogP contribution in [0.4, 0.5) is 0 Å². The molecule has 27 heavy (non-hydrogen) atoms. The summed E-state index contributed by atoms with van der Waals surface area (Å²) in [6, 6.07) is 0.253. The van der Waals surface area contributed by atoms with Crippen molar-refractivity contribution in [3.63, 3.8) is 0 Å². The van der Waals surface area contributed by atoms with Gasteiger partial charge in [0.15, 0.2) is 0 Å². The Morgan fingerprint density at radius 3 is 2.67 bits per heavy atom. The van der Waals surface area contributed by atoms with Crippen LogP contribution < -0.4 is 0 Å². The lowest BCUT2D eigenvalue weighted by Gasteiger charge is -2.68. The number of rotatable bonds is 2. The molecular formula is C22H35NO4. The van der Waals surface area contributed by atoms with Gasteiger partial charge in [0.25, 0.3) is 0 Å². The molecule has 5 aliphatic carbocycles. The smallest absolute Gasteiger partial charge is 0.0771 e. The number of ether oxygens (including phenoxy) is 1. The quantitative estimate of drug-likeness (QED) is 0.676. The molecule has 5 nitrogen and oxygen atoms in total. The normalized spacial score (nSPS) is 66.2. The monoisotopic (exact) mass is 377 g/mol. The maximum atomic E-state index is 12.1. The fourth-order valence-electron chi connectivity index (χ4n) is 10.1. The maximum absolute atomic E-state index is 12.1. The van der Waals surface area contributed by atoms with Gasteiger partial charge in [0.05, 0.1) is 23.9 Å². The van der Waals surface area contributed by atoms with Gasteiger partial charge in [-0.05, 0) is 49.5 Å². The van der Waals surface area contributed by atoms with Crippen molar-refractivity contribution in [3.05, 3.63) is 0 Å². The minimum absolute atomic E-state index is 0.0657. The number of hydrogen-bond donors (Lipinski definition) is 3. The summed E-state index contributed by atoms with van der Waals surface area (Å²) in [4.78, 5) is 2.60. The molecule has 12 atom stereocenters. The molecule has 6 rings (SSSR count). The first-order valence-electron chi connectivity index (χ1n) is 11.2. The standard InChI is InChI=1S/C22H35NO4/c1-4-23-10-20(2)6-5-16(24)22-12-7-11-14(27-3)9-21(26,17(12)18(11)25)13(19(22)23)8-15(20)22/h11-19,24-26H,4-10H2,1-3H3/t11-,12+,13+,14-,15-,16-,17?,18-,19+,20-,21-,22+/m0/s1. The fraction of sp³-hybridized carbons (Fsp3) is 1.00. The van der Waals surface area contributed by atoms with Crippen molar-refractivity contribution in [1.82, 2.24) is 4.90 Å². The molecule has 1 unspecified atom stereocenters. The van der Waals surface area contributed by atoms with E-state index in [0.717, 1.165) is 38.8 Å². The summed E-state index contributed by atoms with van der Waals surface area (Å²) < 4.78 is 5.79. The predicted molar refractivity (Wildman–Crippen MR) is 99.9 cm³/mol. The van der Waals surface area contributed by atoms with E-state index in [0.29, 0.717) is 12.3 Å². The highest BCUT2D eigenvalue weighted by molar-refractivity contribution is 5.32. The zero-order valence-corrected chi connectivity index (χ0v) is 16.8. The number of likely N-dealkylation sites (tertiary alicyclic amines) is 1. The molecule has 6 aliphatic rings. The number of nitrogens with zero attached hydrogens (tertiary/aromatic N) is 1. The third kappa shape index (κ3) is 1.66. The second kappa shape index (κ2) is 5.10. The third-order valence-electron chi connectivity index (χ3n) is 10.7. The van der Waals surface area contributed by atoms with Gasteiger partial charge in [0.1, 0.15) is 0 Å². The van der Waals surface area contributed by atoms with Crippen LogP contribution in [0.1, 0.15) is 46.0 Å². The van der Waals surface area contributed by atoms with Crippen LogP contribution in [0.5, 0.6) is 0 Å². The summed E-state index contributed by atoms with van der Waals surface area (Å²) in [7, 11) is 1.73. The zero-order valence-electron chi connectivity index (χ0n) is 16.8. The lowest BCUT2D eigenvalue weighted by Crippen LogP contribution is -2.75. The fourth-order valence-corrected chi connectivity index (χ4v) is 10.1. The van der Waals surface area contributed by atoms with E-state index in [-0.39, 0.29) is 52.8 Å². The van der Waals surface area contributed by atoms with Gasteiger partial charge in [0.2, 0.25) is 0 Å². The van der Waals surface area contributed by atoms with Crippen LogP contribution >= 0.6 is 0 Å². The first kappa shape index (κ1) is 17.6. The van der Waals surface area contributed by atoms with Crippen LogP contribution in [0.3, 0.4) is 0 Å². The number of piperidine rings is 1. The summed E-state index contributed by atoms with van der Waals surface area (Å²) in [5, 5.41) is 34.9. The van der Waals surface area contributed by atoms with Crippen molar-refractivity contribution >= 4 is 0 Å². The maximum Gasteiger partial charge on any atom is 0.0771 e. The van der Waals surface area contributed by atoms with E-state index in [4.69, 9.17) is 4.74 Å². The molecule has 3 N–H and O–H groups in total. The van der Waals surface area contributed by atoms with Gasteiger partial charge in [-0.2, -0.15) is 0 Å². The van der Waals surface area contributed by atoms with E-state index in [2.05, 4.69) is 18.7 Å². The van der Waals surface area contributed by atoms with Crippen molar-refractivity contribution < 1.29 is 20.1 Å². The molecule has 0 aromatic rings. The SMILES string of the molecule is CCN1C[C@]2(C)CC[C@H](O)[C@@]34[C@@H]5C[C@H]6[C@@H](OC)C[C@@](O)(C5[C@H]6O)[C@H](C[C@@H]23)[C@@H]14. The molecule has 1 saturated heterocycles. The first-order valence-corrected chi connectivity index (χ1v) is 11.2. The highest BCUT2D eigenvalue weighted by Gasteiger charge is 2.82. The molecule has 5 heteroatoms. The number of methoxy groups -OCH3 is 1. The van der Waals surface area contributed by atoms with Crippen molar-refractivity contribution in [2.24, 2.45) is 40.4 Å². The summed E-state index contributed by atoms with van der Waals surface area (Å²) >= 11 is 0. The van der Waals surface area contributed by atoms with E-state index in [9.17, 15) is 15.3 Å². The van der Waals surface area contributed by atoms with Crippen LogP contribution in [0, 0.1) is 40.4 Å². The number of hydrogen-bond acceptors (Lipinski definition) is 5. The summed E-state index contributed by atoms with van der Waals surface area (Å²) in [5.74, 6) is 0.840. The van der Waals surface area contributed by atoms with Crippen LogP contribution in [-0.4, -0.2) is 70.4 Å². The molecule has 0 amide bonds. The van der Waals surface area contributed by atoms with Gasteiger partial charge in [-0.25, -0.2) is 0 Å². The molecule has 6 fully saturated rings. The molecule has 0 aromatic heterocycles. The molecule has 7 bridgehead atoms. The van der Waals surface area contributed by atoms with Gasteiger partial charge in [0, 0.05) is 49.3 Å². The van der Waals surface area contributed by atoms with E-state index in [1.807, 2.05) is 0 Å². The molecule has 152 valence electrons. The van der Waals surface area contributed by atoms with E-state index < -0.39 is 11.7 Å². The zero-order chi connectivity index (χ0) is 18.9. The largest absolute Gasteiger partial charge is 0.392 e. The van der Waals surface area contributed by atoms with Crippen LogP contribution in [-0.2, 0) is 4.74 Å². The van der Waals surface area contributed by atoms with Crippen molar-refractivity contribution in [3.8, 4) is 0 Å². The highest BCUT2D eigenvalue weighted by Crippen LogP contribution is 2.78. The molecule has 5 saturated carbocycles. The van der Waals surface area contributed by atoms with Crippen LogP contribution in [0.15, 0.2) is 0 Å². The Kier molecular flexibility index (Phi) is 3.33. The van der Waals surface area contributed by atoms with Crippen molar-refractivity contribution in [2.45, 2.75) is 75.9 Å². The Morgan fingerprint density at radius 1 is 1.19 bits per heavy atom. The Morgan fingerprint density at radius 2 is 1.96 bits per heavy atom. The molecular weight excluding hydrogens is 342 g/mol. The lowest BCUT2D eigenvalue weighted by atomic mass is 9.43. The Hall–Kier alpha value is -0.200. The third-order valence-corrected chi connectivity index (χ3v) is 10.7. The van der Waals surface area contributed by atoms with Gasteiger partial charge >= 0.3 is 0 Å². The summed E-state index contributed by atoms with van der Waals surface area (Å²) in [5.41, 5.74) is -0.788. The van der Waals surface area contributed by atoms with E-state index in [1.54, 1.807) is 7.11 Å². The van der Waals surface area contributed by atoms with Gasteiger partial charge < -0.3 is 20.1 Å². The summed E-state index contributed by atoms with van der Waals surface area (Å²) in [6.45, 7) is 6.74. The Balaban J connectivity index is 1.59. The molecule has 1 aliphatic heterocycles. The van der Waals surface area contributed by atoms with Crippen molar-refractivity contribution in [2.75, 3.05) is 20.2 Å². The van der Waals surface area contributed by atoms with E-state index >= 15 is 0 Å². The topological polar surface area (TPSA) is 73.2 Å². The average molecular weight is 378 g/mol. The minimum Gasteiger partial charge on any atom is -0.392 e. The number of aliphatic hydroxyl groups excluding tert-OH is 2. The number of fused-ring (bicyclic) bond motifs is 2. The second-order valence-corrected chi connectivity index (χ2v) is 11.1. The van der Waals surface area contributed by atoms with Crippen LogP contribution in [0.2, 0.25) is 0 Å². The lowest BCUT2D eigenvalue weighted by molar-refractivity contribution is -0.266. The van der Waals surface area contributed by atoms with Gasteiger partial charge in [-0.1, -0.05) is 13.8 Å². The minimum atomic E-state index is -0.858. The Labute approximate surface area is 162 Å². The van der Waals surface area contributed by atoms with E-state index in [1.165, 1.54) is 0 Å². The molecule has 1 heterocycles. The Bertz CT molecular complexity index is 673. The predicted octanol–water partition coefficient (Wildman–Crippen LogP) is 1.25. The highest BCUT2D eigenvalue weighted by atomic mass is 16.5. The van der Waals surface area contributed by atoms with Crippen molar-refractivity contribution in [1.29, 1.82) is 0 Å². The summed E-state index contributed by atoms with van der Waals surface area (Å²) in [6.07, 6.45) is 3.66. The van der Waals surface area contributed by atoms with Gasteiger partial charge in [-0.3, -0.25) is 4.90 Å². The average Bonchev–Trinajstić information content (AvgIpc) is 3.07. The molecule has 0 radical (unpaired) electrons. The van der Waals surface area contributed by atoms with Crippen LogP contribution in [0.25, 0.3) is 0 Å². The number of aliphatic hydroxyl groups is 3.